The van der Waals surface area contributed by atoms with Crippen molar-refractivity contribution in [3.05, 3.63) is 24.3 Å². The van der Waals surface area contributed by atoms with Gasteiger partial charge in [0.05, 0.1) is 19.4 Å². The number of nitrogens with one attached hydrogen (secondary N) is 2. The van der Waals surface area contributed by atoms with Gasteiger partial charge >= 0.3 is 0 Å². The van der Waals surface area contributed by atoms with E-state index in [2.05, 4.69) is 15.6 Å². The summed E-state index contributed by atoms with van der Waals surface area (Å²) >= 11 is 0. The molecule has 1 atom stereocenters. The van der Waals surface area contributed by atoms with Crippen LogP contribution in [0, 0.1) is 0 Å². The summed E-state index contributed by atoms with van der Waals surface area (Å²) in [6.07, 6.45) is 0.556. The molecule has 0 fully saturated rings. The Balaban J connectivity index is 2.50. The highest BCUT2D eigenvalue weighted by Gasteiger charge is 2.14. The smallest absolute Gasteiger partial charge is 0.213 e. The molecule has 0 aliphatic heterocycles. The monoisotopic (exact) mass is 414 g/mol. The van der Waals surface area contributed by atoms with E-state index in [4.69, 9.17) is 9.47 Å². The zero-order valence-electron chi connectivity index (χ0n) is 17.6. The summed E-state index contributed by atoms with van der Waals surface area (Å²) in [4.78, 5) is 4.54. The summed E-state index contributed by atoms with van der Waals surface area (Å²) in [6, 6.07) is 7.51. The van der Waals surface area contributed by atoms with Gasteiger partial charge in [-0.2, -0.15) is 0 Å². The van der Waals surface area contributed by atoms with Gasteiger partial charge in [-0.05, 0) is 39.3 Å². The van der Waals surface area contributed by atoms with Crippen LogP contribution < -0.4 is 20.1 Å². The lowest BCUT2D eigenvalue weighted by atomic mass is 10.3. The highest BCUT2D eigenvalue weighted by Crippen LogP contribution is 2.26. The first-order valence-electron chi connectivity index (χ1n) is 9.59. The summed E-state index contributed by atoms with van der Waals surface area (Å²) in [6.45, 7) is 7.88. The maximum absolute atomic E-state index is 11.7. The molecule has 28 heavy (non-hydrogen) atoms. The zero-order valence-corrected chi connectivity index (χ0v) is 18.4. The normalized spacial score (nSPS) is 13.3. The molecule has 1 aromatic rings. The Labute approximate surface area is 169 Å². The third-order valence-corrected chi connectivity index (χ3v) is 5.89. The van der Waals surface area contributed by atoms with Crippen molar-refractivity contribution < 1.29 is 17.9 Å². The second-order valence-corrected chi connectivity index (χ2v) is 8.67. The second kappa shape index (κ2) is 12.5. The topological polar surface area (TPSA) is 92.3 Å². The van der Waals surface area contributed by atoms with E-state index in [1.807, 2.05) is 38.1 Å². The molecule has 0 heterocycles. The summed E-state index contributed by atoms with van der Waals surface area (Å²) in [5, 5.41) is 6.41. The van der Waals surface area contributed by atoms with Crippen LogP contribution in [0.2, 0.25) is 0 Å². The molecule has 0 saturated heterocycles. The Morgan fingerprint density at radius 2 is 1.89 bits per heavy atom. The highest BCUT2D eigenvalue weighted by atomic mass is 32.2. The molecule has 1 aromatic carbocycles. The largest absolute Gasteiger partial charge is 0.493 e. The van der Waals surface area contributed by atoms with Crippen LogP contribution in [0.4, 0.5) is 0 Å². The number of methoxy groups -OCH3 is 1. The average molecular weight is 415 g/mol. The first kappa shape index (κ1) is 24.0. The first-order chi connectivity index (χ1) is 13.3. The Hall–Kier alpha value is -2.00. The summed E-state index contributed by atoms with van der Waals surface area (Å²) in [5.41, 5.74) is 0. The number of hydrogen-bond donors (Lipinski definition) is 2. The second-order valence-electron chi connectivity index (χ2n) is 6.30. The number of hydrogen-bond acceptors (Lipinski definition) is 5. The number of rotatable bonds is 12. The Kier molecular flexibility index (Phi) is 10.7. The molecule has 1 unspecified atom stereocenters. The minimum atomic E-state index is -3.13. The van der Waals surface area contributed by atoms with E-state index < -0.39 is 10.0 Å². The molecule has 0 bridgehead atoms. The van der Waals surface area contributed by atoms with E-state index >= 15 is 0 Å². The van der Waals surface area contributed by atoms with Gasteiger partial charge in [0.2, 0.25) is 10.0 Å². The maximum Gasteiger partial charge on any atom is 0.213 e. The minimum Gasteiger partial charge on any atom is -0.493 e. The molecule has 0 aliphatic carbocycles. The maximum atomic E-state index is 11.7. The minimum absolute atomic E-state index is 0.116. The Morgan fingerprint density at radius 1 is 1.21 bits per heavy atom. The molecule has 8 nitrogen and oxygen atoms in total. The fourth-order valence-electron chi connectivity index (χ4n) is 2.40. The molecule has 0 amide bonds. The highest BCUT2D eigenvalue weighted by molar-refractivity contribution is 7.89. The number of ether oxygens (including phenoxy) is 2. The van der Waals surface area contributed by atoms with Gasteiger partial charge in [0.15, 0.2) is 17.5 Å². The third kappa shape index (κ3) is 8.35. The van der Waals surface area contributed by atoms with Crippen LogP contribution in [0.25, 0.3) is 0 Å². The molecule has 1 rings (SSSR count). The van der Waals surface area contributed by atoms with Gasteiger partial charge in [-0.3, -0.25) is 0 Å². The summed E-state index contributed by atoms with van der Waals surface area (Å²) in [7, 11) is 0.0854. The van der Waals surface area contributed by atoms with Crippen LogP contribution in [0.15, 0.2) is 29.3 Å². The molecule has 160 valence electrons. The van der Waals surface area contributed by atoms with Gasteiger partial charge in [-0.25, -0.2) is 17.7 Å². The van der Waals surface area contributed by atoms with Crippen molar-refractivity contribution >= 4 is 16.0 Å². The predicted molar refractivity (Wildman–Crippen MR) is 114 cm³/mol. The van der Waals surface area contributed by atoms with Crippen LogP contribution >= 0.6 is 0 Å². The van der Waals surface area contributed by atoms with E-state index in [1.165, 1.54) is 4.31 Å². The molecule has 0 spiro atoms. The Morgan fingerprint density at radius 3 is 2.50 bits per heavy atom. The van der Waals surface area contributed by atoms with E-state index in [1.54, 1.807) is 21.1 Å². The molecule has 9 heteroatoms. The lowest BCUT2D eigenvalue weighted by molar-refractivity contribution is 0.219. The number of para-hydroxylation sites is 2. The van der Waals surface area contributed by atoms with Gasteiger partial charge in [0.25, 0.3) is 0 Å². The third-order valence-electron chi connectivity index (χ3n) is 4.03. The lowest BCUT2D eigenvalue weighted by Gasteiger charge is -2.18. The van der Waals surface area contributed by atoms with Crippen molar-refractivity contribution in [1.29, 1.82) is 0 Å². The number of benzene rings is 1. The molecule has 0 aromatic heterocycles. The molecule has 2 N–H and O–H groups in total. The first-order valence-corrected chi connectivity index (χ1v) is 11.2. The average Bonchev–Trinajstić information content (AvgIpc) is 2.69. The molecule has 0 saturated carbocycles. The van der Waals surface area contributed by atoms with Crippen LogP contribution in [-0.2, 0) is 10.0 Å². The van der Waals surface area contributed by atoms with Crippen LogP contribution in [0.1, 0.15) is 27.2 Å². The van der Waals surface area contributed by atoms with E-state index in [0.29, 0.717) is 43.5 Å². The number of sulfonamides is 1. The van der Waals surface area contributed by atoms with Crippen molar-refractivity contribution in [2.75, 3.05) is 46.1 Å². The quantitative estimate of drug-likeness (QED) is 0.307. The van der Waals surface area contributed by atoms with Crippen molar-refractivity contribution in [3.63, 3.8) is 0 Å². The SMILES string of the molecule is CCNC(=NCC(C)Oc1ccccc1OC)NCCCN(C)S(=O)(=O)CC. The van der Waals surface area contributed by atoms with E-state index in [-0.39, 0.29) is 11.9 Å². The van der Waals surface area contributed by atoms with Gasteiger partial charge in [-0.15, -0.1) is 0 Å². The van der Waals surface area contributed by atoms with Crippen molar-refractivity contribution in [1.82, 2.24) is 14.9 Å². The van der Waals surface area contributed by atoms with Gasteiger partial charge in [0.1, 0.15) is 6.10 Å². The predicted octanol–water partition coefficient (Wildman–Crippen LogP) is 1.69. The molecular formula is C19H34N4O4S. The van der Waals surface area contributed by atoms with Gasteiger partial charge in [-0.1, -0.05) is 12.1 Å². The standard InChI is InChI=1S/C19H34N4O4S/c1-6-20-19(21-13-10-14-23(4)28(24,25)7-2)22-15-16(3)27-18-12-9-8-11-17(18)26-5/h8-9,11-12,16H,6-7,10,13-15H2,1-5H3,(H2,20,21,22). The fraction of sp³-hybridized carbons (Fsp3) is 0.632. The number of guanidine groups is 1. The molecular weight excluding hydrogens is 380 g/mol. The summed E-state index contributed by atoms with van der Waals surface area (Å²) in [5.74, 6) is 2.17. The van der Waals surface area contributed by atoms with Crippen molar-refractivity contribution in [2.24, 2.45) is 4.99 Å². The zero-order chi connectivity index (χ0) is 21.0. The van der Waals surface area contributed by atoms with Crippen molar-refractivity contribution in [3.8, 4) is 11.5 Å². The Bertz CT molecular complexity index is 710. The van der Waals surface area contributed by atoms with Crippen LogP contribution in [-0.4, -0.2) is 70.9 Å². The molecule has 0 aliphatic rings. The van der Waals surface area contributed by atoms with Gasteiger partial charge < -0.3 is 20.1 Å². The van der Waals surface area contributed by atoms with E-state index in [9.17, 15) is 8.42 Å². The van der Waals surface area contributed by atoms with Crippen LogP contribution in [0.3, 0.4) is 0 Å². The lowest BCUT2D eigenvalue weighted by Crippen LogP contribution is -2.39. The van der Waals surface area contributed by atoms with E-state index in [0.717, 1.165) is 6.54 Å². The summed E-state index contributed by atoms with van der Waals surface area (Å²) < 4.78 is 36.1. The van der Waals surface area contributed by atoms with Crippen molar-refractivity contribution in [2.45, 2.75) is 33.3 Å². The molecule has 0 radical (unpaired) electrons. The fourth-order valence-corrected chi connectivity index (χ4v) is 3.25. The van der Waals surface area contributed by atoms with Crippen LogP contribution in [0.5, 0.6) is 11.5 Å². The number of nitrogens with zero attached hydrogens (tertiary/aromatic N) is 2. The number of aliphatic imine (C=N–C) groups is 1. The van der Waals surface area contributed by atoms with Gasteiger partial charge in [0, 0.05) is 26.7 Å².